The second kappa shape index (κ2) is 9.82. The van der Waals surface area contributed by atoms with Gasteiger partial charge in [0.25, 0.3) is 0 Å². The van der Waals surface area contributed by atoms with Crippen molar-refractivity contribution in [2.24, 2.45) is 0 Å². The van der Waals surface area contributed by atoms with Gasteiger partial charge in [-0.1, -0.05) is 11.6 Å². The van der Waals surface area contributed by atoms with E-state index in [-0.39, 0.29) is 16.7 Å². The Kier molecular flexibility index (Phi) is 6.59. The molecule has 3 heterocycles. The number of benzene rings is 2. The van der Waals surface area contributed by atoms with Crippen molar-refractivity contribution in [3.63, 3.8) is 0 Å². The number of nitrogens with one attached hydrogen (secondary N) is 1. The van der Waals surface area contributed by atoms with Gasteiger partial charge in [0.2, 0.25) is 5.88 Å². The Bertz CT molecular complexity index is 1280. The van der Waals surface area contributed by atoms with Crippen LogP contribution in [0.5, 0.6) is 11.6 Å². The normalized spacial score (nSPS) is 15.6. The van der Waals surface area contributed by atoms with Crippen LogP contribution in [0.2, 0.25) is 5.15 Å². The zero-order valence-corrected chi connectivity index (χ0v) is 19.6. The monoisotopic (exact) mass is 519 g/mol. The number of hydrogen-bond donors (Lipinski definition) is 1. The Morgan fingerprint density at radius 1 is 1.06 bits per heavy atom. The van der Waals surface area contributed by atoms with Gasteiger partial charge in [-0.05, 0) is 48.4 Å². The number of ether oxygens (including phenoxy) is 2. The largest absolute Gasteiger partial charge is 0.439 e. The first-order chi connectivity index (χ1) is 17.3. The highest BCUT2D eigenvalue weighted by Crippen LogP contribution is 2.36. The Morgan fingerprint density at radius 3 is 2.61 bits per heavy atom. The lowest BCUT2D eigenvalue weighted by atomic mass is 10.1. The van der Waals surface area contributed by atoms with E-state index in [1.165, 1.54) is 17.3 Å². The van der Waals surface area contributed by atoms with Crippen molar-refractivity contribution in [2.45, 2.75) is 12.6 Å². The quantitative estimate of drug-likeness (QED) is 0.467. The minimum absolute atomic E-state index is 0.0744. The molecule has 0 atom stereocenters. The molecule has 12 heteroatoms. The minimum atomic E-state index is -4.55. The highest BCUT2D eigenvalue weighted by Gasteiger charge is 2.33. The Hall–Kier alpha value is -3.57. The maximum atomic E-state index is 13.6. The third kappa shape index (κ3) is 5.31. The third-order valence-corrected chi connectivity index (χ3v) is 6.10. The van der Waals surface area contributed by atoms with E-state index in [1.807, 2.05) is 4.90 Å². The summed E-state index contributed by atoms with van der Waals surface area (Å²) in [5, 5.41) is 2.89. The molecule has 3 aromatic rings. The number of carbonyl (C=O) groups excluding carboxylic acids is 1. The molecule has 0 aliphatic carbocycles. The van der Waals surface area contributed by atoms with E-state index in [4.69, 9.17) is 21.1 Å². The number of aromatic nitrogens is 2. The second-order valence-electron chi connectivity index (χ2n) is 8.27. The van der Waals surface area contributed by atoms with Crippen molar-refractivity contribution in [1.29, 1.82) is 0 Å². The zero-order valence-electron chi connectivity index (χ0n) is 18.9. The number of nitrogens with zero attached hydrogens (tertiary/aromatic N) is 4. The molecule has 0 radical (unpaired) electrons. The molecule has 0 unspecified atom stereocenters. The molecule has 188 valence electrons. The van der Waals surface area contributed by atoms with Crippen LogP contribution in [-0.4, -0.2) is 48.8 Å². The summed E-state index contributed by atoms with van der Waals surface area (Å²) in [6.07, 6.45) is -2.70. The summed E-state index contributed by atoms with van der Waals surface area (Å²) in [7, 11) is 0. The van der Waals surface area contributed by atoms with Crippen molar-refractivity contribution < 1.29 is 27.4 Å². The van der Waals surface area contributed by atoms with Crippen molar-refractivity contribution in [3.05, 3.63) is 65.1 Å². The number of morpholine rings is 1. The van der Waals surface area contributed by atoms with Crippen LogP contribution in [0.3, 0.4) is 0 Å². The van der Waals surface area contributed by atoms with Gasteiger partial charge in [-0.25, -0.2) is 14.8 Å². The van der Waals surface area contributed by atoms with Crippen LogP contribution in [0.4, 0.5) is 35.0 Å². The molecular formula is C24H21ClF3N5O3. The van der Waals surface area contributed by atoms with Gasteiger partial charge < -0.3 is 19.7 Å². The Labute approximate surface area is 209 Å². The zero-order chi connectivity index (χ0) is 25.3. The van der Waals surface area contributed by atoms with Crippen LogP contribution in [0.1, 0.15) is 11.1 Å². The fraction of sp³-hybridized carbons (Fsp3) is 0.292. The van der Waals surface area contributed by atoms with Crippen LogP contribution in [0.25, 0.3) is 0 Å². The van der Waals surface area contributed by atoms with Gasteiger partial charge in [0.15, 0.2) is 0 Å². The van der Waals surface area contributed by atoms with Crippen molar-refractivity contribution in [3.8, 4) is 11.6 Å². The number of urea groups is 1. The summed E-state index contributed by atoms with van der Waals surface area (Å²) < 4.78 is 51.7. The maximum absolute atomic E-state index is 13.6. The van der Waals surface area contributed by atoms with Crippen LogP contribution in [-0.2, 0) is 17.3 Å². The molecule has 0 spiro atoms. The van der Waals surface area contributed by atoms with Crippen LogP contribution >= 0.6 is 11.6 Å². The van der Waals surface area contributed by atoms with E-state index in [9.17, 15) is 18.0 Å². The average Bonchev–Trinajstić information content (AvgIpc) is 3.27. The highest BCUT2D eigenvalue weighted by atomic mass is 35.5. The van der Waals surface area contributed by atoms with E-state index < -0.39 is 17.8 Å². The van der Waals surface area contributed by atoms with Crippen molar-refractivity contribution in [1.82, 2.24) is 9.97 Å². The topological polar surface area (TPSA) is 79.8 Å². The minimum Gasteiger partial charge on any atom is -0.439 e. The van der Waals surface area contributed by atoms with Crippen molar-refractivity contribution >= 4 is 34.7 Å². The summed E-state index contributed by atoms with van der Waals surface area (Å²) in [4.78, 5) is 24.2. The summed E-state index contributed by atoms with van der Waals surface area (Å²) in [6.45, 7) is 2.18. The van der Waals surface area contributed by atoms with Gasteiger partial charge in [0, 0.05) is 42.8 Å². The number of halogens is 4. The SMILES string of the molecule is O=C(Nc1cc(N2CCOCC2)cc(C(F)(F)F)c1)N1CCc2cc(Oc3cc(Cl)ncn3)ccc21. The number of carbonyl (C=O) groups is 1. The Morgan fingerprint density at radius 2 is 1.86 bits per heavy atom. The molecule has 1 saturated heterocycles. The van der Waals surface area contributed by atoms with Crippen LogP contribution in [0, 0.1) is 0 Å². The molecule has 0 saturated carbocycles. The van der Waals surface area contributed by atoms with Gasteiger partial charge >= 0.3 is 12.2 Å². The smallest absolute Gasteiger partial charge is 0.416 e. The van der Waals surface area contributed by atoms with E-state index >= 15 is 0 Å². The van der Waals surface area contributed by atoms with Crippen LogP contribution in [0.15, 0.2) is 48.8 Å². The molecule has 2 aromatic carbocycles. The van der Waals surface area contributed by atoms with E-state index in [2.05, 4.69) is 15.3 Å². The summed E-state index contributed by atoms with van der Waals surface area (Å²) in [5.41, 5.74) is 1.15. The first-order valence-corrected chi connectivity index (χ1v) is 11.6. The molecule has 2 amide bonds. The molecule has 2 aliphatic rings. The lowest BCUT2D eigenvalue weighted by Gasteiger charge is -2.30. The van der Waals surface area contributed by atoms with Gasteiger partial charge in [-0.3, -0.25) is 4.90 Å². The predicted octanol–water partition coefficient (Wildman–Crippen LogP) is 5.37. The molecule has 2 aliphatic heterocycles. The van der Waals surface area contributed by atoms with E-state index in [1.54, 1.807) is 24.3 Å². The first-order valence-electron chi connectivity index (χ1n) is 11.2. The van der Waals surface area contributed by atoms with Crippen molar-refractivity contribution in [2.75, 3.05) is 48.0 Å². The Balaban J connectivity index is 1.34. The number of anilines is 3. The van der Waals surface area contributed by atoms with Crippen LogP contribution < -0.4 is 19.9 Å². The van der Waals surface area contributed by atoms with E-state index in [0.717, 1.165) is 17.7 Å². The number of rotatable bonds is 4. The number of alkyl halides is 3. The molecule has 1 fully saturated rings. The molecular weight excluding hydrogens is 499 g/mol. The van der Waals surface area contributed by atoms with Gasteiger partial charge in [-0.15, -0.1) is 0 Å². The summed E-state index contributed by atoms with van der Waals surface area (Å²) >= 11 is 5.86. The fourth-order valence-corrected chi connectivity index (χ4v) is 4.33. The standard InChI is InChI=1S/C24H21ClF3N5O3/c25-21-13-22(30-14-29-21)36-19-1-2-20-15(9-19)3-4-33(20)23(34)31-17-10-16(24(26,27)28)11-18(12-17)32-5-7-35-8-6-32/h1-2,9-14H,3-8H2,(H,31,34). The summed E-state index contributed by atoms with van der Waals surface area (Å²) in [6, 6.07) is 9.76. The molecule has 5 rings (SSSR count). The van der Waals surface area contributed by atoms with Gasteiger partial charge in [0.05, 0.1) is 18.8 Å². The predicted molar refractivity (Wildman–Crippen MR) is 128 cm³/mol. The van der Waals surface area contributed by atoms with Gasteiger partial charge in [0.1, 0.15) is 17.2 Å². The lowest BCUT2D eigenvalue weighted by Crippen LogP contribution is -2.36. The molecule has 1 aromatic heterocycles. The van der Waals surface area contributed by atoms with Gasteiger partial charge in [-0.2, -0.15) is 13.2 Å². The summed E-state index contributed by atoms with van der Waals surface area (Å²) in [5.74, 6) is 0.793. The first kappa shape index (κ1) is 24.1. The average molecular weight is 520 g/mol. The molecule has 1 N–H and O–H groups in total. The van der Waals surface area contributed by atoms with E-state index in [0.29, 0.717) is 56.4 Å². The highest BCUT2D eigenvalue weighted by molar-refractivity contribution is 6.29. The number of amides is 2. The lowest BCUT2D eigenvalue weighted by molar-refractivity contribution is -0.137. The molecule has 0 bridgehead atoms. The maximum Gasteiger partial charge on any atom is 0.416 e. The fourth-order valence-electron chi connectivity index (χ4n) is 4.19. The number of fused-ring (bicyclic) bond motifs is 1. The molecule has 8 nitrogen and oxygen atoms in total. The number of hydrogen-bond acceptors (Lipinski definition) is 6. The third-order valence-electron chi connectivity index (χ3n) is 5.90. The second-order valence-corrected chi connectivity index (χ2v) is 8.66. The molecule has 36 heavy (non-hydrogen) atoms.